The highest BCUT2D eigenvalue weighted by Crippen LogP contribution is 2.24. The molecule has 0 unspecified atom stereocenters. The Kier molecular flexibility index (Phi) is 6.70. The van der Waals surface area contributed by atoms with Crippen molar-refractivity contribution >= 4 is 15.9 Å². The van der Waals surface area contributed by atoms with Crippen molar-refractivity contribution in [1.82, 2.24) is 9.21 Å². The Hall–Kier alpha value is -1.40. The van der Waals surface area contributed by atoms with E-state index in [9.17, 15) is 13.2 Å². The van der Waals surface area contributed by atoms with E-state index >= 15 is 0 Å². The number of sulfonamides is 1. The van der Waals surface area contributed by atoms with E-state index in [0.717, 1.165) is 32.4 Å². The maximum Gasteiger partial charge on any atom is 0.225 e. The molecule has 26 heavy (non-hydrogen) atoms. The van der Waals surface area contributed by atoms with E-state index in [0.29, 0.717) is 32.4 Å². The third kappa shape index (κ3) is 5.07. The van der Waals surface area contributed by atoms with Crippen LogP contribution in [0.25, 0.3) is 0 Å². The first-order valence-corrected chi connectivity index (χ1v) is 11.5. The minimum absolute atomic E-state index is 0.00358. The summed E-state index contributed by atoms with van der Waals surface area (Å²) < 4.78 is 26.8. The van der Waals surface area contributed by atoms with Gasteiger partial charge in [-0.1, -0.05) is 30.3 Å². The maximum absolute atomic E-state index is 12.6. The lowest BCUT2D eigenvalue weighted by Gasteiger charge is -2.35. The summed E-state index contributed by atoms with van der Waals surface area (Å²) in [6, 6.07) is 9.99. The molecule has 0 aliphatic carbocycles. The van der Waals surface area contributed by atoms with Crippen LogP contribution in [-0.4, -0.2) is 55.5 Å². The van der Waals surface area contributed by atoms with Crippen LogP contribution in [0, 0.1) is 5.92 Å². The van der Waals surface area contributed by atoms with Gasteiger partial charge in [0.1, 0.15) is 0 Å². The van der Waals surface area contributed by atoms with E-state index in [1.165, 1.54) is 12.0 Å². The zero-order valence-corrected chi connectivity index (χ0v) is 16.3. The zero-order chi connectivity index (χ0) is 18.4. The van der Waals surface area contributed by atoms with Crippen molar-refractivity contribution in [2.75, 3.05) is 31.9 Å². The standard InChI is InChI=1S/C20H30N2O3S/c23-20(21-13-5-2-6-14-21)19-11-15-22(16-12-19)26(24,25)17-7-10-18-8-3-1-4-9-18/h1,3-4,8-9,19H,2,5-7,10-17H2. The van der Waals surface area contributed by atoms with Gasteiger partial charge in [-0.25, -0.2) is 12.7 Å². The van der Waals surface area contributed by atoms with Crippen LogP contribution >= 0.6 is 0 Å². The summed E-state index contributed by atoms with van der Waals surface area (Å²) in [5.74, 6) is 0.432. The highest BCUT2D eigenvalue weighted by Gasteiger charge is 2.33. The molecule has 6 heteroatoms. The van der Waals surface area contributed by atoms with Crippen LogP contribution in [0.3, 0.4) is 0 Å². The van der Waals surface area contributed by atoms with Crippen LogP contribution in [0.5, 0.6) is 0 Å². The minimum atomic E-state index is -3.22. The number of likely N-dealkylation sites (tertiary alicyclic amines) is 1. The number of rotatable bonds is 6. The van der Waals surface area contributed by atoms with Gasteiger partial charge in [-0.2, -0.15) is 0 Å². The van der Waals surface area contributed by atoms with Gasteiger partial charge in [-0.3, -0.25) is 4.79 Å². The molecule has 2 fully saturated rings. The van der Waals surface area contributed by atoms with Crippen LogP contribution < -0.4 is 0 Å². The highest BCUT2D eigenvalue weighted by molar-refractivity contribution is 7.89. The topological polar surface area (TPSA) is 57.7 Å². The Balaban J connectivity index is 1.44. The number of piperidine rings is 2. The van der Waals surface area contributed by atoms with Crippen LogP contribution in [-0.2, 0) is 21.2 Å². The fourth-order valence-electron chi connectivity index (χ4n) is 3.99. The summed E-state index contributed by atoms with van der Waals surface area (Å²) in [5, 5.41) is 0. The summed E-state index contributed by atoms with van der Waals surface area (Å²) in [7, 11) is -3.22. The Morgan fingerprint density at radius 1 is 0.962 bits per heavy atom. The smallest absolute Gasteiger partial charge is 0.225 e. The first kappa shape index (κ1) is 19.4. The molecule has 3 rings (SSSR count). The van der Waals surface area contributed by atoms with Gasteiger partial charge in [-0.15, -0.1) is 0 Å². The quantitative estimate of drug-likeness (QED) is 0.765. The number of hydrogen-bond donors (Lipinski definition) is 0. The van der Waals surface area contributed by atoms with Gasteiger partial charge >= 0.3 is 0 Å². The number of nitrogens with zero attached hydrogens (tertiary/aromatic N) is 2. The molecular formula is C20H30N2O3S. The molecule has 0 saturated carbocycles. The second-order valence-corrected chi connectivity index (χ2v) is 9.55. The Morgan fingerprint density at radius 2 is 1.62 bits per heavy atom. The van der Waals surface area contributed by atoms with Crippen molar-refractivity contribution in [1.29, 1.82) is 0 Å². The van der Waals surface area contributed by atoms with Gasteiger partial charge in [0.25, 0.3) is 0 Å². The number of hydrogen-bond acceptors (Lipinski definition) is 3. The van der Waals surface area contributed by atoms with Crippen molar-refractivity contribution < 1.29 is 13.2 Å². The predicted molar refractivity (Wildman–Crippen MR) is 103 cm³/mol. The van der Waals surface area contributed by atoms with Crippen molar-refractivity contribution in [3.05, 3.63) is 35.9 Å². The number of carbonyl (C=O) groups excluding carboxylic acids is 1. The van der Waals surface area contributed by atoms with E-state index < -0.39 is 10.0 Å². The maximum atomic E-state index is 12.6. The van der Waals surface area contributed by atoms with E-state index in [4.69, 9.17) is 0 Å². The molecule has 0 atom stereocenters. The van der Waals surface area contributed by atoms with E-state index in [2.05, 4.69) is 0 Å². The fraction of sp³-hybridized carbons (Fsp3) is 0.650. The largest absolute Gasteiger partial charge is 0.342 e. The minimum Gasteiger partial charge on any atom is -0.342 e. The van der Waals surface area contributed by atoms with Crippen LogP contribution in [0.1, 0.15) is 44.1 Å². The van der Waals surface area contributed by atoms with Crippen molar-refractivity contribution in [2.24, 2.45) is 5.92 Å². The Bertz CT molecular complexity index is 676. The molecule has 2 aliphatic rings. The lowest BCUT2D eigenvalue weighted by atomic mass is 9.95. The monoisotopic (exact) mass is 378 g/mol. The number of benzene rings is 1. The van der Waals surface area contributed by atoms with Crippen LogP contribution in [0.15, 0.2) is 30.3 Å². The molecule has 1 aromatic carbocycles. The van der Waals surface area contributed by atoms with Gasteiger partial charge in [-0.05, 0) is 50.5 Å². The van der Waals surface area contributed by atoms with E-state index in [1.54, 1.807) is 4.31 Å². The molecule has 1 aromatic rings. The SMILES string of the molecule is O=C(C1CCN(S(=O)(=O)CCCc2ccccc2)CC1)N1CCCCC1. The second-order valence-electron chi connectivity index (χ2n) is 7.46. The molecule has 0 bridgehead atoms. The molecule has 2 aliphatic heterocycles. The van der Waals surface area contributed by atoms with E-state index in [-0.39, 0.29) is 17.6 Å². The molecule has 2 saturated heterocycles. The van der Waals surface area contributed by atoms with Gasteiger partial charge < -0.3 is 4.90 Å². The Labute approximate surface area is 157 Å². The molecule has 0 N–H and O–H groups in total. The summed E-state index contributed by atoms with van der Waals surface area (Å²) >= 11 is 0. The van der Waals surface area contributed by atoms with Gasteiger partial charge in [0.2, 0.25) is 15.9 Å². The molecule has 144 valence electrons. The van der Waals surface area contributed by atoms with Crippen molar-refractivity contribution in [2.45, 2.75) is 44.9 Å². The zero-order valence-electron chi connectivity index (χ0n) is 15.5. The van der Waals surface area contributed by atoms with Gasteiger partial charge in [0.05, 0.1) is 5.75 Å². The molecule has 1 amide bonds. The van der Waals surface area contributed by atoms with Crippen LogP contribution in [0.2, 0.25) is 0 Å². The molecule has 0 aromatic heterocycles. The summed E-state index contributed by atoms with van der Waals surface area (Å²) in [5.41, 5.74) is 1.17. The lowest BCUT2D eigenvalue weighted by Crippen LogP contribution is -2.46. The van der Waals surface area contributed by atoms with E-state index in [1.807, 2.05) is 35.2 Å². The molecule has 0 radical (unpaired) electrons. The number of amides is 1. The van der Waals surface area contributed by atoms with Crippen molar-refractivity contribution in [3.63, 3.8) is 0 Å². The number of aryl methyl sites for hydroxylation is 1. The second kappa shape index (κ2) is 9.00. The predicted octanol–water partition coefficient (Wildman–Crippen LogP) is 2.67. The van der Waals surface area contributed by atoms with Gasteiger partial charge in [0.15, 0.2) is 0 Å². The lowest BCUT2D eigenvalue weighted by molar-refractivity contribution is -0.137. The first-order chi connectivity index (χ1) is 12.6. The first-order valence-electron chi connectivity index (χ1n) is 9.87. The van der Waals surface area contributed by atoms with Crippen LogP contribution in [0.4, 0.5) is 0 Å². The normalized spacial score (nSPS) is 20.2. The Morgan fingerprint density at radius 3 is 2.27 bits per heavy atom. The summed E-state index contributed by atoms with van der Waals surface area (Å²) in [6.45, 7) is 2.71. The summed E-state index contributed by atoms with van der Waals surface area (Å²) in [4.78, 5) is 14.6. The fourth-order valence-corrected chi connectivity index (χ4v) is 5.52. The number of carbonyl (C=O) groups is 1. The third-order valence-corrected chi connectivity index (χ3v) is 7.53. The average molecular weight is 379 g/mol. The van der Waals surface area contributed by atoms with Gasteiger partial charge in [0, 0.05) is 32.1 Å². The molecular weight excluding hydrogens is 348 g/mol. The molecule has 5 nitrogen and oxygen atoms in total. The third-order valence-electron chi connectivity index (χ3n) is 5.57. The molecule has 0 spiro atoms. The molecule has 2 heterocycles. The average Bonchev–Trinajstić information content (AvgIpc) is 2.69. The van der Waals surface area contributed by atoms with Crippen molar-refractivity contribution in [3.8, 4) is 0 Å². The summed E-state index contributed by atoms with van der Waals surface area (Å²) in [6.07, 6.45) is 6.15. The highest BCUT2D eigenvalue weighted by atomic mass is 32.2.